The number of pyridine rings is 1. The van der Waals surface area contributed by atoms with Gasteiger partial charge in [0.15, 0.2) is 0 Å². The lowest BCUT2D eigenvalue weighted by molar-refractivity contribution is -0.0501. The van der Waals surface area contributed by atoms with E-state index in [9.17, 15) is 30.4 Å². The fourth-order valence-corrected chi connectivity index (χ4v) is 4.21. The summed E-state index contributed by atoms with van der Waals surface area (Å²) in [5.41, 5.74) is -4.02. The molecule has 0 unspecified atom stereocenters. The summed E-state index contributed by atoms with van der Waals surface area (Å²) in [6, 6.07) is 1.62. The van der Waals surface area contributed by atoms with Crippen molar-refractivity contribution in [1.29, 1.82) is 0 Å². The Bertz CT molecular complexity index is 1200. The molecule has 2 aliphatic rings. The lowest BCUT2D eigenvalue weighted by Crippen LogP contribution is -2.29. The molecule has 2 aromatic rings. The minimum absolute atomic E-state index is 0.00748. The van der Waals surface area contributed by atoms with Crippen LogP contribution in [0.15, 0.2) is 24.3 Å². The maximum Gasteiger partial charge on any atom is 0.534 e. The Morgan fingerprint density at radius 3 is 2.69 bits per heavy atom. The van der Waals surface area contributed by atoms with Crippen LogP contribution in [-0.4, -0.2) is 35.2 Å². The summed E-state index contributed by atoms with van der Waals surface area (Å²) in [5, 5.41) is 7.53. The standard InChI is InChI=1S/C19H17F5N4O3S/c20-5-4-11(21)8-15-13-2-1-3-14(13)18(31-32(29,30)19(22,23)24)26-17(15)16-9-12-10-25-6-7-28(12)27-16/h4-5,8-9,25H,1-3,6-7,10H2/b5-4+,11-8?. The molecule has 1 aliphatic carbocycles. The number of halogens is 5. The van der Waals surface area contributed by atoms with Gasteiger partial charge in [-0.25, -0.2) is 13.8 Å². The Kier molecular flexibility index (Phi) is 5.79. The van der Waals surface area contributed by atoms with Gasteiger partial charge >= 0.3 is 15.6 Å². The third kappa shape index (κ3) is 4.13. The average molecular weight is 476 g/mol. The van der Waals surface area contributed by atoms with E-state index < -0.39 is 27.3 Å². The predicted molar refractivity (Wildman–Crippen MR) is 104 cm³/mol. The molecule has 4 rings (SSSR count). The number of hydrogen-bond acceptors (Lipinski definition) is 6. The van der Waals surface area contributed by atoms with Crippen molar-refractivity contribution in [2.24, 2.45) is 0 Å². The quantitative estimate of drug-likeness (QED) is 0.308. The molecule has 0 saturated carbocycles. The Morgan fingerprint density at radius 1 is 1.25 bits per heavy atom. The predicted octanol–water partition coefficient (Wildman–Crippen LogP) is 3.56. The summed E-state index contributed by atoms with van der Waals surface area (Å²) in [4.78, 5) is 4.04. The van der Waals surface area contributed by atoms with E-state index in [1.54, 1.807) is 10.7 Å². The summed E-state index contributed by atoms with van der Waals surface area (Å²) in [5.74, 6) is -1.67. The Hall–Kier alpha value is -2.80. The molecule has 0 radical (unpaired) electrons. The number of aromatic nitrogens is 3. The Balaban J connectivity index is 1.93. The number of hydrogen-bond donors (Lipinski definition) is 1. The molecule has 32 heavy (non-hydrogen) atoms. The largest absolute Gasteiger partial charge is 0.534 e. The van der Waals surface area contributed by atoms with Gasteiger partial charge in [0.2, 0.25) is 5.88 Å². The first-order valence-electron chi connectivity index (χ1n) is 9.59. The van der Waals surface area contributed by atoms with E-state index in [4.69, 9.17) is 0 Å². The SMILES string of the molecule is O=S(=O)(Oc1nc(-c2cc3n(n2)CCNC3)c(C=C(F)/C=C/F)c2c1CCC2)C(F)(F)F. The molecule has 0 aromatic carbocycles. The summed E-state index contributed by atoms with van der Waals surface area (Å²) < 4.78 is 94.8. The van der Waals surface area contributed by atoms with Crippen molar-refractivity contribution in [1.82, 2.24) is 20.1 Å². The molecule has 7 nitrogen and oxygen atoms in total. The maximum atomic E-state index is 14.2. The fourth-order valence-electron chi connectivity index (χ4n) is 3.77. The van der Waals surface area contributed by atoms with Crippen LogP contribution in [0.25, 0.3) is 17.5 Å². The van der Waals surface area contributed by atoms with Crippen molar-refractivity contribution >= 4 is 16.2 Å². The average Bonchev–Trinajstić information content (AvgIpc) is 3.35. The molecule has 0 bridgehead atoms. The van der Waals surface area contributed by atoms with E-state index in [0.29, 0.717) is 44.1 Å². The molecule has 2 aromatic heterocycles. The lowest BCUT2D eigenvalue weighted by Gasteiger charge is -2.16. The number of fused-ring (bicyclic) bond motifs is 2. The molecular weight excluding hydrogens is 459 g/mol. The number of rotatable bonds is 5. The van der Waals surface area contributed by atoms with E-state index in [1.807, 2.05) is 0 Å². The van der Waals surface area contributed by atoms with Gasteiger partial charge in [-0.05, 0) is 37.0 Å². The van der Waals surface area contributed by atoms with Crippen LogP contribution in [-0.2, 0) is 36.0 Å². The summed E-state index contributed by atoms with van der Waals surface area (Å²) >= 11 is 0. The molecule has 172 valence electrons. The summed E-state index contributed by atoms with van der Waals surface area (Å²) in [7, 11) is -5.97. The number of alkyl halides is 3. The molecule has 0 spiro atoms. The van der Waals surface area contributed by atoms with Crippen LogP contribution in [0.3, 0.4) is 0 Å². The molecule has 0 saturated heterocycles. The molecule has 1 aliphatic heterocycles. The Morgan fingerprint density at radius 2 is 2.00 bits per heavy atom. The maximum absolute atomic E-state index is 14.2. The third-order valence-electron chi connectivity index (χ3n) is 5.16. The zero-order valence-corrected chi connectivity index (χ0v) is 17.2. The van der Waals surface area contributed by atoms with Crippen molar-refractivity contribution in [2.45, 2.75) is 37.9 Å². The van der Waals surface area contributed by atoms with Crippen LogP contribution in [0.5, 0.6) is 5.88 Å². The second-order valence-corrected chi connectivity index (χ2v) is 8.75. The molecule has 1 N–H and O–H groups in total. The van der Waals surface area contributed by atoms with Crippen molar-refractivity contribution in [3.8, 4) is 17.3 Å². The zero-order valence-electron chi connectivity index (χ0n) is 16.4. The summed E-state index contributed by atoms with van der Waals surface area (Å²) in [6.45, 7) is 1.65. The van der Waals surface area contributed by atoms with Crippen LogP contribution >= 0.6 is 0 Å². The van der Waals surface area contributed by atoms with E-state index >= 15 is 0 Å². The van der Waals surface area contributed by atoms with E-state index in [1.165, 1.54) is 0 Å². The molecular formula is C19H17F5N4O3S. The molecule has 0 fully saturated rings. The molecule has 0 amide bonds. The number of nitrogens with zero attached hydrogens (tertiary/aromatic N) is 3. The first-order chi connectivity index (χ1) is 15.1. The topological polar surface area (TPSA) is 86.1 Å². The summed E-state index contributed by atoms with van der Waals surface area (Å²) in [6.07, 6.45) is 2.56. The second kappa shape index (κ2) is 8.28. The molecule has 13 heteroatoms. The molecule has 3 heterocycles. The third-order valence-corrected chi connectivity index (χ3v) is 6.10. The molecule has 0 atom stereocenters. The van der Waals surface area contributed by atoms with Crippen LogP contribution < -0.4 is 9.50 Å². The van der Waals surface area contributed by atoms with Crippen molar-refractivity contribution in [3.05, 3.63) is 46.7 Å². The van der Waals surface area contributed by atoms with Crippen LogP contribution in [0.2, 0.25) is 0 Å². The van der Waals surface area contributed by atoms with Gasteiger partial charge in [0.25, 0.3) is 0 Å². The highest BCUT2D eigenvalue weighted by Gasteiger charge is 2.49. The number of nitrogens with one attached hydrogen (secondary N) is 1. The fraction of sp³-hybridized carbons (Fsp3) is 0.368. The zero-order chi connectivity index (χ0) is 23.1. The lowest BCUT2D eigenvalue weighted by atomic mass is 10.00. The van der Waals surface area contributed by atoms with Crippen LogP contribution in [0.4, 0.5) is 22.0 Å². The van der Waals surface area contributed by atoms with Gasteiger partial charge in [0.05, 0.1) is 18.6 Å². The van der Waals surface area contributed by atoms with Gasteiger partial charge in [-0.15, -0.1) is 0 Å². The minimum atomic E-state index is -5.97. The van der Waals surface area contributed by atoms with Crippen molar-refractivity contribution < 1.29 is 34.6 Å². The normalized spacial score (nSPS) is 17.0. The highest BCUT2D eigenvalue weighted by molar-refractivity contribution is 7.87. The Labute approximate surface area is 179 Å². The van der Waals surface area contributed by atoms with Gasteiger partial charge in [0, 0.05) is 30.3 Å². The van der Waals surface area contributed by atoms with Crippen LogP contribution in [0.1, 0.15) is 28.8 Å². The number of allylic oxidation sites excluding steroid dienone is 2. The van der Waals surface area contributed by atoms with Gasteiger partial charge < -0.3 is 9.50 Å². The van der Waals surface area contributed by atoms with Gasteiger partial charge in [-0.1, -0.05) is 0 Å². The van der Waals surface area contributed by atoms with E-state index in [-0.39, 0.29) is 35.3 Å². The van der Waals surface area contributed by atoms with Crippen LogP contribution in [0, 0.1) is 0 Å². The first kappa shape index (κ1) is 22.4. The highest BCUT2D eigenvalue weighted by Crippen LogP contribution is 2.40. The monoisotopic (exact) mass is 476 g/mol. The van der Waals surface area contributed by atoms with Gasteiger partial charge in [-0.2, -0.15) is 26.7 Å². The van der Waals surface area contributed by atoms with Gasteiger partial charge in [-0.3, -0.25) is 4.68 Å². The van der Waals surface area contributed by atoms with E-state index in [0.717, 1.165) is 11.8 Å². The van der Waals surface area contributed by atoms with Crippen molar-refractivity contribution in [2.75, 3.05) is 6.54 Å². The van der Waals surface area contributed by atoms with Gasteiger partial charge in [0.1, 0.15) is 17.2 Å². The first-order valence-corrected chi connectivity index (χ1v) is 11.0. The van der Waals surface area contributed by atoms with Crippen molar-refractivity contribution in [3.63, 3.8) is 0 Å². The van der Waals surface area contributed by atoms with E-state index in [2.05, 4.69) is 19.6 Å². The highest BCUT2D eigenvalue weighted by atomic mass is 32.2. The second-order valence-electron chi connectivity index (χ2n) is 7.22. The smallest absolute Gasteiger partial charge is 0.355 e. The minimum Gasteiger partial charge on any atom is -0.355 e.